The van der Waals surface area contributed by atoms with Crippen molar-refractivity contribution in [1.82, 2.24) is 4.90 Å². The van der Waals surface area contributed by atoms with Crippen LogP contribution in [0.2, 0.25) is 0 Å². The van der Waals surface area contributed by atoms with Gasteiger partial charge in [-0.2, -0.15) is 0 Å². The van der Waals surface area contributed by atoms with Crippen LogP contribution in [0.1, 0.15) is 29.2 Å². The van der Waals surface area contributed by atoms with Crippen LogP contribution in [0.5, 0.6) is 0 Å². The Morgan fingerprint density at radius 1 is 1.04 bits per heavy atom. The minimum absolute atomic E-state index is 0.470. The zero-order valence-electron chi connectivity index (χ0n) is 14.1. The van der Waals surface area contributed by atoms with Gasteiger partial charge in [-0.1, -0.05) is 54.6 Å². The fourth-order valence-corrected chi connectivity index (χ4v) is 2.72. The monoisotopic (exact) mass is 313 g/mol. The Hall–Kier alpha value is -1.68. The van der Waals surface area contributed by atoms with Gasteiger partial charge in [-0.05, 0) is 30.0 Å². The Bertz CT molecular complexity index is 571. The molecule has 2 aromatic carbocycles. The Morgan fingerprint density at radius 3 is 2.43 bits per heavy atom. The first-order valence-corrected chi connectivity index (χ1v) is 8.19. The molecule has 0 fully saturated rings. The van der Waals surface area contributed by atoms with E-state index in [1.807, 2.05) is 30.3 Å². The molecule has 2 aromatic rings. The van der Waals surface area contributed by atoms with Crippen molar-refractivity contribution in [3.8, 4) is 0 Å². The molecule has 124 valence electrons. The zero-order valence-corrected chi connectivity index (χ0v) is 14.1. The van der Waals surface area contributed by atoms with E-state index >= 15 is 0 Å². The van der Waals surface area contributed by atoms with E-state index in [1.54, 1.807) is 7.11 Å². The summed E-state index contributed by atoms with van der Waals surface area (Å²) in [6.45, 7) is 5.26. The molecule has 0 aromatic heterocycles. The van der Waals surface area contributed by atoms with Gasteiger partial charge in [0.25, 0.3) is 0 Å². The van der Waals surface area contributed by atoms with Crippen molar-refractivity contribution in [3.05, 3.63) is 71.3 Å². The highest BCUT2D eigenvalue weighted by Gasteiger charge is 2.14. The molecular weight excluding hydrogens is 286 g/mol. The molecular formula is C20H27NO2. The lowest BCUT2D eigenvalue weighted by Crippen LogP contribution is -2.30. The van der Waals surface area contributed by atoms with Crippen LogP contribution < -0.4 is 0 Å². The van der Waals surface area contributed by atoms with Gasteiger partial charge < -0.3 is 9.84 Å². The van der Waals surface area contributed by atoms with E-state index in [9.17, 15) is 5.11 Å². The maximum absolute atomic E-state index is 10.5. The third kappa shape index (κ3) is 5.79. The van der Waals surface area contributed by atoms with Crippen molar-refractivity contribution in [2.75, 3.05) is 26.8 Å². The quantitative estimate of drug-likeness (QED) is 0.718. The van der Waals surface area contributed by atoms with Gasteiger partial charge in [-0.3, -0.25) is 4.90 Å². The van der Waals surface area contributed by atoms with Gasteiger partial charge in [0.05, 0.1) is 6.10 Å². The first-order chi connectivity index (χ1) is 11.2. The molecule has 2 rings (SSSR count). The van der Waals surface area contributed by atoms with Gasteiger partial charge in [0, 0.05) is 33.4 Å². The van der Waals surface area contributed by atoms with Gasteiger partial charge in [0.1, 0.15) is 0 Å². The van der Waals surface area contributed by atoms with Crippen molar-refractivity contribution < 1.29 is 9.84 Å². The van der Waals surface area contributed by atoms with Gasteiger partial charge in [-0.15, -0.1) is 0 Å². The largest absolute Gasteiger partial charge is 0.387 e. The molecule has 23 heavy (non-hydrogen) atoms. The highest BCUT2D eigenvalue weighted by atomic mass is 16.5. The molecule has 1 N–H and O–H groups in total. The van der Waals surface area contributed by atoms with E-state index in [0.29, 0.717) is 6.54 Å². The zero-order chi connectivity index (χ0) is 16.5. The van der Waals surface area contributed by atoms with Crippen molar-refractivity contribution in [3.63, 3.8) is 0 Å². The van der Waals surface area contributed by atoms with Gasteiger partial charge >= 0.3 is 0 Å². The summed E-state index contributed by atoms with van der Waals surface area (Å²) in [6.07, 6.45) is 0.493. The van der Waals surface area contributed by atoms with Crippen molar-refractivity contribution >= 4 is 0 Å². The number of hydrogen-bond donors (Lipinski definition) is 1. The van der Waals surface area contributed by atoms with E-state index in [1.165, 1.54) is 11.1 Å². The fourth-order valence-electron chi connectivity index (χ4n) is 2.72. The van der Waals surface area contributed by atoms with Crippen LogP contribution in [0.15, 0.2) is 54.6 Å². The van der Waals surface area contributed by atoms with E-state index in [2.05, 4.69) is 36.1 Å². The summed E-state index contributed by atoms with van der Waals surface area (Å²) in [4.78, 5) is 2.30. The lowest BCUT2D eigenvalue weighted by molar-refractivity contribution is 0.0994. The summed E-state index contributed by atoms with van der Waals surface area (Å²) >= 11 is 0. The first-order valence-electron chi connectivity index (χ1n) is 8.19. The van der Waals surface area contributed by atoms with Gasteiger partial charge in [0.2, 0.25) is 0 Å². The molecule has 0 heterocycles. The summed E-state index contributed by atoms with van der Waals surface area (Å²) in [5, 5.41) is 10.5. The highest BCUT2D eigenvalue weighted by molar-refractivity contribution is 5.25. The fraction of sp³-hybridized carbons (Fsp3) is 0.400. The minimum Gasteiger partial charge on any atom is -0.387 e. The molecule has 0 amide bonds. The summed E-state index contributed by atoms with van der Waals surface area (Å²) in [5.41, 5.74) is 3.57. The van der Waals surface area contributed by atoms with Crippen LogP contribution in [0.25, 0.3) is 0 Å². The Labute approximate surface area is 139 Å². The summed E-state index contributed by atoms with van der Waals surface area (Å²) < 4.78 is 5.17. The molecule has 0 aliphatic heterocycles. The predicted molar refractivity (Wildman–Crippen MR) is 94.4 cm³/mol. The molecule has 3 heteroatoms. The molecule has 0 saturated heterocycles. The number of rotatable bonds is 9. The number of ether oxygens (including phenoxy) is 1. The average Bonchev–Trinajstić information content (AvgIpc) is 2.58. The van der Waals surface area contributed by atoms with Gasteiger partial charge in [-0.25, -0.2) is 0 Å². The van der Waals surface area contributed by atoms with Crippen LogP contribution in [-0.4, -0.2) is 36.8 Å². The van der Waals surface area contributed by atoms with E-state index in [0.717, 1.165) is 31.7 Å². The molecule has 1 atom stereocenters. The Balaban J connectivity index is 2.03. The average molecular weight is 313 g/mol. The maximum atomic E-state index is 10.5. The topological polar surface area (TPSA) is 32.7 Å². The summed E-state index contributed by atoms with van der Waals surface area (Å²) in [6, 6.07) is 18.3. The van der Waals surface area contributed by atoms with Crippen LogP contribution in [-0.2, 0) is 11.3 Å². The number of aryl methyl sites for hydroxylation is 1. The normalized spacial score (nSPS) is 12.5. The second kappa shape index (κ2) is 9.46. The van der Waals surface area contributed by atoms with E-state index in [-0.39, 0.29) is 0 Å². The second-order valence-electron chi connectivity index (χ2n) is 5.93. The third-order valence-electron chi connectivity index (χ3n) is 4.09. The standard InChI is InChI=1S/C20H27NO2/c1-17-9-6-7-12-19(17)15-21(13-8-14-23-2)16-20(22)18-10-4-3-5-11-18/h3-7,9-12,20,22H,8,13-16H2,1-2H3. The van der Waals surface area contributed by atoms with E-state index in [4.69, 9.17) is 4.74 Å². The molecule has 0 aliphatic carbocycles. The lowest BCUT2D eigenvalue weighted by atomic mass is 10.1. The predicted octanol–water partition coefficient (Wildman–Crippen LogP) is 3.57. The molecule has 3 nitrogen and oxygen atoms in total. The van der Waals surface area contributed by atoms with Crippen molar-refractivity contribution in [2.45, 2.75) is 26.0 Å². The Morgan fingerprint density at radius 2 is 1.74 bits per heavy atom. The maximum Gasteiger partial charge on any atom is 0.0917 e. The van der Waals surface area contributed by atoms with Crippen molar-refractivity contribution in [1.29, 1.82) is 0 Å². The number of hydrogen-bond acceptors (Lipinski definition) is 3. The second-order valence-corrected chi connectivity index (χ2v) is 5.93. The summed E-state index contributed by atoms with van der Waals surface area (Å²) in [5.74, 6) is 0. The molecule has 0 radical (unpaired) electrons. The highest BCUT2D eigenvalue weighted by Crippen LogP contribution is 2.17. The third-order valence-corrected chi connectivity index (χ3v) is 4.09. The molecule has 0 saturated carbocycles. The van der Waals surface area contributed by atoms with Crippen LogP contribution in [0.4, 0.5) is 0 Å². The van der Waals surface area contributed by atoms with Crippen LogP contribution in [0, 0.1) is 6.92 Å². The molecule has 0 bridgehead atoms. The van der Waals surface area contributed by atoms with Gasteiger partial charge in [0.15, 0.2) is 0 Å². The number of aliphatic hydroxyl groups excluding tert-OH is 1. The Kier molecular flexibility index (Phi) is 7.27. The molecule has 1 unspecified atom stereocenters. The SMILES string of the molecule is COCCCN(Cc1ccccc1C)CC(O)c1ccccc1. The number of benzene rings is 2. The van der Waals surface area contributed by atoms with Crippen LogP contribution in [0.3, 0.4) is 0 Å². The molecule has 0 spiro atoms. The smallest absolute Gasteiger partial charge is 0.0917 e. The number of methoxy groups -OCH3 is 1. The minimum atomic E-state index is -0.470. The van der Waals surface area contributed by atoms with Crippen LogP contribution >= 0.6 is 0 Å². The number of nitrogens with zero attached hydrogens (tertiary/aromatic N) is 1. The first kappa shape index (κ1) is 17.7. The number of aliphatic hydroxyl groups is 1. The van der Waals surface area contributed by atoms with E-state index < -0.39 is 6.10 Å². The van der Waals surface area contributed by atoms with Crippen molar-refractivity contribution in [2.24, 2.45) is 0 Å². The molecule has 0 aliphatic rings. The summed E-state index contributed by atoms with van der Waals surface area (Å²) in [7, 11) is 1.73. The lowest BCUT2D eigenvalue weighted by Gasteiger charge is -2.26.